The molecule has 0 radical (unpaired) electrons. The van der Waals surface area contributed by atoms with Gasteiger partial charge in [-0.05, 0) is 32.4 Å². The smallest absolute Gasteiger partial charge is 0.255 e. The van der Waals surface area contributed by atoms with E-state index in [-0.39, 0.29) is 0 Å². The molecular weight excluding hydrogens is 180 g/mol. The summed E-state index contributed by atoms with van der Waals surface area (Å²) in [5.74, 6) is -0.424. The van der Waals surface area contributed by atoms with Gasteiger partial charge in [-0.25, -0.2) is 0 Å². The van der Waals surface area contributed by atoms with Gasteiger partial charge >= 0.3 is 0 Å². The van der Waals surface area contributed by atoms with Gasteiger partial charge in [0.25, 0.3) is 5.91 Å². The van der Waals surface area contributed by atoms with Crippen LogP contribution in [0.25, 0.3) is 0 Å². The third-order valence-corrected chi connectivity index (χ3v) is 1.82. The molecule has 0 aromatic carbocycles. The van der Waals surface area contributed by atoms with Gasteiger partial charge in [-0.2, -0.15) is 0 Å². The number of amides is 1. The number of hydrogen-bond donors (Lipinski definition) is 2. The average molecular weight is 194 g/mol. The predicted octanol–water partition coefficient (Wildman–Crippen LogP) is 1.10. The standard InChI is InChI=1S/C10H14N2O2/c1-7-6-11-5-4-8(7)12-9(13)10(2,3)14/h4-6,14H,1-3H3,(H,11,12,13). The van der Waals surface area contributed by atoms with Crippen molar-refractivity contribution in [2.24, 2.45) is 0 Å². The monoisotopic (exact) mass is 194 g/mol. The minimum absolute atomic E-state index is 0.424. The number of nitrogens with one attached hydrogen (secondary N) is 1. The van der Waals surface area contributed by atoms with Crippen LogP contribution in [0.1, 0.15) is 19.4 Å². The molecule has 0 bridgehead atoms. The molecular formula is C10H14N2O2. The first-order chi connectivity index (χ1) is 6.41. The fourth-order valence-corrected chi connectivity index (χ4v) is 0.889. The van der Waals surface area contributed by atoms with E-state index in [0.29, 0.717) is 5.69 Å². The Hall–Kier alpha value is -1.42. The number of hydrogen-bond acceptors (Lipinski definition) is 3. The van der Waals surface area contributed by atoms with E-state index < -0.39 is 11.5 Å². The van der Waals surface area contributed by atoms with E-state index in [1.165, 1.54) is 13.8 Å². The number of carbonyl (C=O) groups is 1. The van der Waals surface area contributed by atoms with Gasteiger partial charge in [0.05, 0.1) is 0 Å². The van der Waals surface area contributed by atoms with Gasteiger partial charge in [0.15, 0.2) is 0 Å². The highest BCUT2D eigenvalue weighted by Crippen LogP contribution is 2.14. The highest BCUT2D eigenvalue weighted by molar-refractivity contribution is 5.96. The molecule has 4 heteroatoms. The van der Waals surface area contributed by atoms with Crippen LogP contribution in [-0.2, 0) is 4.79 Å². The second kappa shape index (κ2) is 3.75. The van der Waals surface area contributed by atoms with Crippen molar-refractivity contribution in [3.8, 4) is 0 Å². The minimum atomic E-state index is -1.37. The third kappa shape index (κ3) is 2.53. The Morgan fingerprint density at radius 2 is 2.21 bits per heavy atom. The summed E-state index contributed by atoms with van der Waals surface area (Å²) in [4.78, 5) is 15.3. The van der Waals surface area contributed by atoms with Crippen LogP contribution in [0.4, 0.5) is 5.69 Å². The summed E-state index contributed by atoms with van der Waals surface area (Å²) in [6.07, 6.45) is 3.24. The third-order valence-electron chi connectivity index (χ3n) is 1.82. The van der Waals surface area contributed by atoms with Gasteiger partial charge < -0.3 is 10.4 Å². The molecule has 0 saturated carbocycles. The first-order valence-electron chi connectivity index (χ1n) is 4.35. The highest BCUT2D eigenvalue weighted by atomic mass is 16.3. The largest absolute Gasteiger partial charge is 0.381 e. The first kappa shape index (κ1) is 10.7. The minimum Gasteiger partial charge on any atom is -0.381 e. The van der Waals surface area contributed by atoms with Crippen molar-refractivity contribution in [1.82, 2.24) is 4.98 Å². The Balaban J connectivity index is 2.80. The van der Waals surface area contributed by atoms with E-state index in [1.807, 2.05) is 6.92 Å². The number of pyridine rings is 1. The maximum atomic E-state index is 11.4. The molecule has 0 atom stereocenters. The zero-order chi connectivity index (χ0) is 10.8. The maximum absolute atomic E-state index is 11.4. The van der Waals surface area contributed by atoms with Crippen LogP contribution < -0.4 is 5.32 Å². The summed E-state index contributed by atoms with van der Waals surface area (Å²) in [5.41, 5.74) is 0.174. The summed E-state index contributed by atoms with van der Waals surface area (Å²) >= 11 is 0. The molecule has 2 N–H and O–H groups in total. The van der Waals surface area contributed by atoms with E-state index in [9.17, 15) is 9.90 Å². The van der Waals surface area contributed by atoms with Gasteiger partial charge in [-0.1, -0.05) is 0 Å². The van der Waals surface area contributed by atoms with Crippen LogP contribution in [0.5, 0.6) is 0 Å². The van der Waals surface area contributed by atoms with Crippen LogP contribution in [0.2, 0.25) is 0 Å². The number of anilines is 1. The summed E-state index contributed by atoms with van der Waals surface area (Å²) < 4.78 is 0. The lowest BCUT2D eigenvalue weighted by atomic mass is 10.1. The van der Waals surface area contributed by atoms with Crippen LogP contribution in [0.15, 0.2) is 18.5 Å². The predicted molar refractivity (Wildman–Crippen MR) is 53.9 cm³/mol. The number of nitrogens with zero attached hydrogens (tertiary/aromatic N) is 1. The molecule has 0 saturated heterocycles. The molecule has 0 spiro atoms. The zero-order valence-corrected chi connectivity index (χ0v) is 8.53. The lowest BCUT2D eigenvalue weighted by Crippen LogP contribution is -2.36. The molecule has 4 nitrogen and oxygen atoms in total. The number of aliphatic hydroxyl groups is 1. The molecule has 1 aromatic heterocycles. The maximum Gasteiger partial charge on any atom is 0.255 e. The van der Waals surface area contributed by atoms with Crippen LogP contribution in [0, 0.1) is 6.92 Å². The van der Waals surface area contributed by atoms with Crippen molar-refractivity contribution in [3.63, 3.8) is 0 Å². The highest BCUT2D eigenvalue weighted by Gasteiger charge is 2.23. The molecule has 1 aromatic rings. The molecule has 0 aliphatic rings. The molecule has 0 unspecified atom stereocenters. The molecule has 0 fully saturated rings. The molecule has 14 heavy (non-hydrogen) atoms. The van der Waals surface area contributed by atoms with Crippen molar-refractivity contribution in [2.75, 3.05) is 5.32 Å². The van der Waals surface area contributed by atoms with E-state index in [1.54, 1.807) is 18.5 Å². The van der Waals surface area contributed by atoms with Crippen molar-refractivity contribution in [2.45, 2.75) is 26.4 Å². The van der Waals surface area contributed by atoms with E-state index in [0.717, 1.165) is 5.56 Å². The Bertz CT molecular complexity index is 342. The molecule has 1 rings (SSSR count). The SMILES string of the molecule is Cc1cnccc1NC(=O)C(C)(C)O. The Morgan fingerprint density at radius 1 is 1.57 bits per heavy atom. The Labute approximate surface area is 83.0 Å². The van der Waals surface area contributed by atoms with Crippen LogP contribution in [0.3, 0.4) is 0 Å². The molecule has 1 heterocycles. The van der Waals surface area contributed by atoms with Crippen molar-refractivity contribution in [1.29, 1.82) is 0 Å². The fourth-order valence-electron chi connectivity index (χ4n) is 0.889. The number of aromatic nitrogens is 1. The number of carbonyl (C=O) groups excluding carboxylic acids is 1. The van der Waals surface area contributed by atoms with Gasteiger partial charge in [-0.3, -0.25) is 9.78 Å². The first-order valence-corrected chi connectivity index (χ1v) is 4.35. The van der Waals surface area contributed by atoms with Gasteiger partial charge in [0, 0.05) is 18.1 Å². The van der Waals surface area contributed by atoms with Crippen molar-refractivity contribution < 1.29 is 9.90 Å². The van der Waals surface area contributed by atoms with Gasteiger partial charge in [-0.15, -0.1) is 0 Å². The van der Waals surface area contributed by atoms with Crippen LogP contribution >= 0.6 is 0 Å². The fraction of sp³-hybridized carbons (Fsp3) is 0.400. The average Bonchev–Trinajstić information content (AvgIpc) is 2.07. The molecule has 0 aliphatic carbocycles. The Kier molecular flexibility index (Phi) is 2.86. The molecule has 0 aliphatic heterocycles. The van der Waals surface area contributed by atoms with Gasteiger partial charge in [0.1, 0.15) is 5.60 Å². The topological polar surface area (TPSA) is 62.2 Å². The van der Waals surface area contributed by atoms with Crippen molar-refractivity contribution >= 4 is 11.6 Å². The van der Waals surface area contributed by atoms with E-state index in [2.05, 4.69) is 10.3 Å². The molecule has 76 valence electrons. The second-order valence-corrected chi connectivity index (χ2v) is 3.70. The second-order valence-electron chi connectivity index (χ2n) is 3.70. The molecule has 1 amide bonds. The summed E-state index contributed by atoms with van der Waals surface area (Å²) in [5, 5.41) is 12.0. The quantitative estimate of drug-likeness (QED) is 0.741. The summed E-state index contributed by atoms with van der Waals surface area (Å²) in [6.45, 7) is 4.73. The zero-order valence-electron chi connectivity index (χ0n) is 8.53. The number of aryl methyl sites for hydroxylation is 1. The van der Waals surface area contributed by atoms with Crippen molar-refractivity contribution in [3.05, 3.63) is 24.0 Å². The van der Waals surface area contributed by atoms with E-state index in [4.69, 9.17) is 0 Å². The normalized spacial score (nSPS) is 11.1. The van der Waals surface area contributed by atoms with Gasteiger partial charge in [0.2, 0.25) is 0 Å². The lowest BCUT2D eigenvalue weighted by molar-refractivity contribution is -0.130. The lowest BCUT2D eigenvalue weighted by Gasteiger charge is -2.17. The van der Waals surface area contributed by atoms with E-state index >= 15 is 0 Å². The number of rotatable bonds is 2. The van der Waals surface area contributed by atoms with Crippen LogP contribution in [-0.4, -0.2) is 21.6 Å². The Morgan fingerprint density at radius 3 is 2.71 bits per heavy atom. The summed E-state index contributed by atoms with van der Waals surface area (Å²) in [6, 6.07) is 1.69. The summed E-state index contributed by atoms with van der Waals surface area (Å²) in [7, 11) is 0.